The van der Waals surface area contributed by atoms with Crippen molar-refractivity contribution in [2.75, 3.05) is 13.1 Å². The van der Waals surface area contributed by atoms with Crippen LogP contribution in [0.4, 0.5) is 5.69 Å². The Morgan fingerprint density at radius 2 is 2.19 bits per heavy atom. The summed E-state index contributed by atoms with van der Waals surface area (Å²) in [4.78, 5) is 10.0. The number of hydrogen-bond acceptors (Lipinski definition) is 5. The fourth-order valence-electron chi connectivity index (χ4n) is 2.34. The van der Waals surface area contributed by atoms with Gasteiger partial charge in [0.15, 0.2) is 0 Å². The minimum Gasteiger partial charge on any atom is -0.328 e. The van der Waals surface area contributed by atoms with Crippen LogP contribution in [0.2, 0.25) is 5.02 Å². The SMILES string of the molecule is CC(N)C1CCN(S(=O)(=O)c2ccc(Cl)c([N+](=O)[O-])c2)C1. The van der Waals surface area contributed by atoms with Crippen molar-refractivity contribution in [3.63, 3.8) is 0 Å². The molecule has 1 fully saturated rings. The molecule has 0 aromatic heterocycles. The standard InChI is InChI=1S/C12H16ClN3O4S/c1-8(14)9-4-5-15(7-9)21(19,20)10-2-3-11(13)12(6-10)16(17)18/h2-3,6,8-9H,4-5,7,14H2,1H3. The average Bonchev–Trinajstić information content (AvgIpc) is 2.89. The first-order valence-electron chi connectivity index (χ1n) is 6.43. The molecular weight excluding hydrogens is 318 g/mol. The van der Waals surface area contributed by atoms with Gasteiger partial charge in [0.25, 0.3) is 5.69 Å². The molecule has 7 nitrogen and oxygen atoms in total. The van der Waals surface area contributed by atoms with Crippen LogP contribution >= 0.6 is 11.6 Å². The first-order chi connectivity index (χ1) is 9.73. The number of benzene rings is 1. The third kappa shape index (κ3) is 3.18. The predicted molar refractivity (Wildman–Crippen MR) is 78.6 cm³/mol. The molecule has 0 aliphatic carbocycles. The van der Waals surface area contributed by atoms with Crippen LogP contribution in [0.25, 0.3) is 0 Å². The summed E-state index contributed by atoms with van der Waals surface area (Å²) in [6.07, 6.45) is 0.687. The van der Waals surface area contributed by atoms with Gasteiger partial charge in [0, 0.05) is 25.2 Å². The quantitative estimate of drug-likeness (QED) is 0.665. The Labute approximate surface area is 127 Å². The number of sulfonamides is 1. The fraction of sp³-hybridized carbons (Fsp3) is 0.500. The van der Waals surface area contributed by atoms with Crippen LogP contribution in [-0.4, -0.2) is 36.8 Å². The van der Waals surface area contributed by atoms with E-state index in [-0.39, 0.29) is 21.9 Å². The molecule has 21 heavy (non-hydrogen) atoms. The van der Waals surface area contributed by atoms with E-state index in [0.717, 1.165) is 6.07 Å². The number of hydrogen-bond donors (Lipinski definition) is 1. The predicted octanol–water partition coefficient (Wildman–Crippen LogP) is 1.61. The van der Waals surface area contributed by atoms with Crippen molar-refractivity contribution < 1.29 is 13.3 Å². The van der Waals surface area contributed by atoms with Gasteiger partial charge in [0.05, 0.1) is 9.82 Å². The van der Waals surface area contributed by atoms with E-state index in [2.05, 4.69) is 0 Å². The zero-order valence-electron chi connectivity index (χ0n) is 11.4. The third-order valence-corrected chi connectivity index (χ3v) is 5.86. The average molecular weight is 334 g/mol. The van der Waals surface area contributed by atoms with E-state index in [1.54, 1.807) is 0 Å². The van der Waals surface area contributed by atoms with E-state index in [9.17, 15) is 18.5 Å². The highest BCUT2D eigenvalue weighted by Crippen LogP contribution is 2.31. The van der Waals surface area contributed by atoms with Gasteiger partial charge >= 0.3 is 0 Å². The Balaban J connectivity index is 2.33. The number of nitro groups is 1. The summed E-state index contributed by atoms with van der Waals surface area (Å²) < 4.78 is 26.3. The minimum absolute atomic E-state index is 0.0890. The Bertz CT molecular complexity index is 662. The summed E-state index contributed by atoms with van der Waals surface area (Å²) >= 11 is 5.70. The molecule has 2 N–H and O–H groups in total. The second kappa shape index (κ2) is 5.88. The lowest BCUT2D eigenvalue weighted by atomic mass is 10.0. The smallest absolute Gasteiger partial charge is 0.289 e. The molecule has 1 saturated heterocycles. The normalized spacial score (nSPS) is 21.4. The zero-order chi connectivity index (χ0) is 15.8. The second-order valence-electron chi connectivity index (χ2n) is 5.14. The van der Waals surface area contributed by atoms with Crippen LogP contribution in [0.5, 0.6) is 0 Å². The molecular formula is C12H16ClN3O4S. The van der Waals surface area contributed by atoms with E-state index in [1.807, 2.05) is 6.92 Å². The van der Waals surface area contributed by atoms with Crippen LogP contribution in [-0.2, 0) is 10.0 Å². The molecule has 0 spiro atoms. The van der Waals surface area contributed by atoms with Gasteiger partial charge in [0.2, 0.25) is 10.0 Å². The number of halogens is 1. The molecule has 0 bridgehead atoms. The second-order valence-corrected chi connectivity index (χ2v) is 7.49. The molecule has 0 saturated carbocycles. The molecule has 0 amide bonds. The maximum Gasteiger partial charge on any atom is 0.289 e. The van der Waals surface area contributed by atoms with E-state index >= 15 is 0 Å². The summed E-state index contributed by atoms with van der Waals surface area (Å²) in [6, 6.07) is 3.41. The lowest BCUT2D eigenvalue weighted by molar-refractivity contribution is -0.384. The summed E-state index contributed by atoms with van der Waals surface area (Å²) in [5, 5.41) is 10.8. The lowest BCUT2D eigenvalue weighted by Crippen LogP contribution is -2.33. The molecule has 1 aromatic rings. The summed E-state index contributed by atoms with van der Waals surface area (Å²) in [7, 11) is -3.76. The van der Waals surface area contributed by atoms with E-state index in [1.165, 1.54) is 16.4 Å². The summed E-state index contributed by atoms with van der Waals surface area (Å²) in [5.74, 6) is 0.0991. The van der Waals surface area contributed by atoms with Crippen LogP contribution in [0.3, 0.4) is 0 Å². The van der Waals surface area contributed by atoms with Crippen LogP contribution in [0.1, 0.15) is 13.3 Å². The molecule has 1 aliphatic heterocycles. The van der Waals surface area contributed by atoms with Crippen molar-refractivity contribution in [2.24, 2.45) is 11.7 Å². The van der Waals surface area contributed by atoms with Gasteiger partial charge in [-0.3, -0.25) is 10.1 Å². The van der Waals surface area contributed by atoms with Crippen molar-refractivity contribution in [2.45, 2.75) is 24.3 Å². The Morgan fingerprint density at radius 1 is 1.52 bits per heavy atom. The number of nitro benzene ring substituents is 1. The maximum absolute atomic E-state index is 12.5. The Hall–Kier alpha value is -1.22. The number of nitrogens with two attached hydrogens (primary N) is 1. The molecule has 1 aliphatic rings. The van der Waals surface area contributed by atoms with E-state index < -0.39 is 20.6 Å². The monoisotopic (exact) mass is 333 g/mol. The Kier molecular flexibility index (Phi) is 4.52. The minimum atomic E-state index is -3.76. The first kappa shape index (κ1) is 16.2. The number of nitrogens with zero attached hydrogens (tertiary/aromatic N) is 2. The van der Waals surface area contributed by atoms with E-state index in [4.69, 9.17) is 17.3 Å². The van der Waals surface area contributed by atoms with Gasteiger partial charge in [0.1, 0.15) is 5.02 Å². The van der Waals surface area contributed by atoms with Crippen LogP contribution in [0.15, 0.2) is 23.1 Å². The third-order valence-electron chi connectivity index (χ3n) is 3.68. The maximum atomic E-state index is 12.5. The number of rotatable bonds is 4. The van der Waals surface area contributed by atoms with E-state index in [0.29, 0.717) is 19.5 Å². The highest BCUT2D eigenvalue weighted by Gasteiger charge is 2.34. The fourth-order valence-corrected chi connectivity index (χ4v) is 4.06. The molecule has 9 heteroatoms. The highest BCUT2D eigenvalue weighted by molar-refractivity contribution is 7.89. The van der Waals surface area contributed by atoms with Crippen molar-refractivity contribution in [3.05, 3.63) is 33.3 Å². The van der Waals surface area contributed by atoms with Gasteiger partial charge in [-0.2, -0.15) is 4.31 Å². The van der Waals surface area contributed by atoms with Crippen molar-refractivity contribution >= 4 is 27.3 Å². The topological polar surface area (TPSA) is 107 Å². The highest BCUT2D eigenvalue weighted by atomic mass is 35.5. The first-order valence-corrected chi connectivity index (χ1v) is 8.25. The molecule has 1 heterocycles. The molecule has 2 rings (SSSR count). The van der Waals surface area contributed by atoms with Crippen LogP contribution in [0, 0.1) is 16.0 Å². The largest absolute Gasteiger partial charge is 0.328 e. The van der Waals surface area contributed by atoms with Crippen LogP contribution < -0.4 is 5.73 Å². The van der Waals surface area contributed by atoms with Gasteiger partial charge < -0.3 is 5.73 Å². The van der Waals surface area contributed by atoms with Crippen molar-refractivity contribution in [3.8, 4) is 0 Å². The Morgan fingerprint density at radius 3 is 2.71 bits per heavy atom. The van der Waals surface area contributed by atoms with Gasteiger partial charge in [-0.25, -0.2) is 8.42 Å². The lowest BCUT2D eigenvalue weighted by Gasteiger charge is -2.18. The van der Waals surface area contributed by atoms with Crippen molar-refractivity contribution in [1.29, 1.82) is 0 Å². The molecule has 116 valence electrons. The van der Waals surface area contributed by atoms with Crippen molar-refractivity contribution in [1.82, 2.24) is 4.31 Å². The van der Waals surface area contributed by atoms with Gasteiger partial charge in [-0.15, -0.1) is 0 Å². The van der Waals surface area contributed by atoms with Gasteiger partial charge in [-0.1, -0.05) is 11.6 Å². The molecule has 2 atom stereocenters. The molecule has 0 radical (unpaired) electrons. The van der Waals surface area contributed by atoms with Gasteiger partial charge in [-0.05, 0) is 31.4 Å². The summed E-state index contributed by atoms with van der Waals surface area (Å²) in [5.41, 5.74) is 5.38. The summed E-state index contributed by atoms with van der Waals surface area (Å²) in [6.45, 7) is 2.54. The zero-order valence-corrected chi connectivity index (χ0v) is 13.0. The molecule has 1 aromatic carbocycles. The molecule has 2 unspecified atom stereocenters.